The van der Waals surface area contributed by atoms with Crippen molar-refractivity contribution in [1.29, 1.82) is 0 Å². The zero-order valence-corrected chi connectivity index (χ0v) is 11.7. The molecule has 3 rings (SSSR count). The van der Waals surface area contributed by atoms with Crippen molar-refractivity contribution in [2.75, 3.05) is 5.32 Å². The van der Waals surface area contributed by atoms with Gasteiger partial charge in [0.25, 0.3) is 0 Å². The molecule has 3 heteroatoms. The van der Waals surface area contributed by atoms with Crippen LogP contribution in [0.4, 0.5) is 5.82 Å². The summed E-state index contributed by atoms with van der Waals surface area (Å²) in [6, 6.07) is 6.90. The molecule has 1 N–H and O–H groups in total. The molecule has 1 aromatic heterocycles. The second-order valence-electron chi connectivity index (χ2n) is 5.84. The van der Waals surface area contributed by atoms with Crippen molar-refractivity contribution in [3.05, 3.63) is 30.1 Å². The zero-order valence-electron chi connectivity index (χ0n) is 11.7. The molecular weight excluding hydrogens is 234 g/mol. The molecule has 100 valence electrons. The van der Waals surface area contributed by atoms with Gasteiger partial charge in [-0.1, -0.05) is 18.6 Å². The highest BCUT2D eigenvalue weighted by molar-refractivity contribution is 5.89. The third-order valence-electron chi connectivity index (χ3n) is 4.15. The number of fused-ring (bicyclic) bond motifs is 1. The van der Waals surface area contributed by atoms with E-state index in [1.165, 1.54) is 31.2 Å². The minimum absolute atomic E-state index is 0.565. The summed E-state index contributed by atoms with van der Waals surface area (Å²) in [4.78, 5) is 8.78. The lowest BCUT2D eigenvalue weighted by Crippen LogP contribution is -2.25. The van der Waals surface area contributed by atoms with Gasteiger partial charge >= 0.3 is 0 Å². The first-order valence-electron chi connectivity index (χ1n) is 7.20. The highest BCUT2D eigenvalue weighted by atomic mass is 15.0. The van der Waals surface area contributed by atoms with Crippen LogP contribution < -0.4 is 5.32 Å². The molecule has 1 aromatic carbocycles. The maximum absolute atomic E-state index is 4.44. The fourth-order valence-corrected chi connectivity index (χ4v) is 2.88. The molecule has 0 saturated heterocycles. The summed E-state index contributed by atoms with van der Waals surface area (Å²) in [5.74, 6) is 1.87. The molecule has 1 heterocycles. The molecule has 0 aliphatic heterocycles. The largest absolute Gasteiger partial charge is 0.367 e. The van der Waals surface area contributed by atoms with Crippen molar-refractivity contribution in [3.63, 3.8) is 0 Å². The third-order valence-corrected chi connectivity index (χ3v) is 4.15. The third kappa shape index (κ3) is 2.70. The standard InChI is InChI=1S/C16H21N3/c1-11-3-6-13(7-4-11)19-16-14-9-12(2)5-8-15(14)17-10-18-16/h5,8-11,13H,3-4,6-7H2,1-2H3,(H,17,18,19). The first-order valence-corrected chi connectivity index (χ1v) is 7.20. The number of aromatic nitrogens is 2. The minimum atomic E-state index is 0.565. The molecule has 0 spiro atoms. The second kappa shape index (κ2) is 5.16. The van der Waals surface area contributed by atoms with E-state index in [1.807, 2.05) is 0 Å². The van der Waals surface area contributed by atoms with Crippen LogP contribution in [0.25, 0.3) is 10.9 Å². The van der Waals surface area contributed by atoms with Gasteiger partial charge in [-0.25, -0.2) is 9.97 Å². The van der Waals surface area contributed by atoms with E-state index in [0.29, 0.717) is 6.04 Å². The van der Waals surface area contributed by atoms with Gasteiger partial charge in [-0.05, 0) is 50.7 Å². The van der Waals surface area contributed by atoms with Crippen LogP contribution in [-0.4, -0.2) is 16.0 Å². The highest BCUT2D eigenvalue weighted by Crippen LogP contribution is 2.28. The zero-order chi connectivity index (χ0) is 13.2. The van der Waals surface area contributed by atoms with Gasteiger partial charge in [0.15, 0.2) is 0 Å². The van der Waals surface area contributed by atoms with Gasteiger partial charge in [0.2, 0.25) is 0 Å². The predicted octanol–water partition coefficient (Wildman–Crippen LogP) is 3.93. The second-order valence-corrected chi connectivity index (χ2v) is 5.84. The van der Waals surface area contributed by atoms with Crippen LogP contribution in [0.5, 0.6) is 0 Å². The van der Waals surface area contributed by atoms with E-state index >= 15 is 0 Å². The van der Waals surface area contributed by atoms with Crippen molar-refractivity contribution < 1.29 is 0 Å². The van der Waals surface area contributed by atoms with Gasteiger partial charge in [-0.15, -0.1) is 0 Å². The smallest absolute Gasteiger partial charge is 0.137 e. The van der Waals surface area contributed by atoms with Crippen molar-refractivity contribution in [1.82, 2.24) is 9.97 Å². The Morgan fingerprint density at radius 2 is 1.89 bits per heavy atom. The molecule has 1 saturated carbocycles. The van der Waals surface area contributed by atoms with Crippen LogP contribution in [0.2, 0.25) is 0 Å². The number of hydrogen-bond donors (Lipinski definition) is 1. The topological polar surface area (TPSA) is 37.8 Å². The van der Waals surface area contributed by atoms with Crippen molar-refractivity contribution in [2.24, 2.45) is 5.92 Å². The number of nitrogens with one attached hydrogen (secondary N) is 1. The monoisotopic (exact) mass is 255 g/mol. The van der Waals surface area contributed by atoms with Crippen LogP contribution in [-0.2, 0) is 0 Å². The molecule has 19 heavy (non-hydrogen) atoms. The quantitative estimate of drug-likeness (QED) is 0.883. The molecule has 0 amide bonds. The molecular formula is C16H21N3. The number of nitrogens with zero attached hydrogens (tertiary/aromatic N) is 2. The average molecular weight is 255 g/mol. The number of anilines is 1. The number of aryl methyl sites for hydroxylation is 1. The van der Waals surface area contributed by atoms with Crippen LogP contribution in [0.1, 0.15) is 38.2 Å². The van der Waals surface area contributed by atoms with E-state index in [9.17, 15) is 0 Å². The van der Waals surface area contributed by atoms with E-state index in [2.05, 4.69) is 47.3 Å². The minimum Gasteiger partial charge on any atom is -0.367 e. The summed E-state index contributed by atoms with van der Waals surface area (Å²) in [6.45, 7) is 4.46. The molecule has 0 unspecified atom stereocenters. The first kappa shape index (κ1) is 12.4. The Kier molecular flexibility index (Phi) is 3.36. The lowest BCUT2D eigenvalue weighted by atomic mass is 9.87. The molecule has 2 aromatic rings. The van der Waals surface area contributed by atoms with Crippen LogP contribution in [0, 0.1) is 12.8 Å². The SMILES string of the molecule is Cc1ccc2ncnc(NC3CCC(C)CC3)c2c1. The van der Waals surface area contributed by atoms with Gasteiger partial charge in [0.05, 0.1) is 5.52 Å². The molecule has 0 bridgehead atoms. The Balaban J connectivity index is 1.86. The summed E-state index contributed by atoms with van der Waals surface area (Å²) in [5, 5.41) is 4.76. The van der Waals surface area contributed by atoms with Crippen molar-refractivity contribution >= 4 is 16.7 Å². The average Bonchev–Trinajstić information content (AvgIpc) is 2.42. The van der Waals surface area contributed by atoms with Crippen molar-refractivity contribution in [2.45, 2.75) is 45.6 Å². The van der Waals surface area contributed by atoms with Gasteiger partial charge in [-0.2, -0.15) is 0 Å². The Hall–Kier alpha value is -1.64. The number of rotatable bonds is 2. The summed E-state index contributed by atoms with van der Waals surface area (Å²) in [5.41, 5.74) is 2.27. The van der Waals surface area contributed by atoms with Crippen LogP contribution in [0.3, 0.4) is 0 Å². The van der Waals surface area contributed by atoms with Crippen molar-refractivity contribution in [3.8, 4) is 0 Å². The summed E-state index contributed by atoms with van der Waals surface area (Å²) in [7, 11) is 0. The van der Waals surface area contributed by atoms with Gasteiger partial charge in [-0.3, -0.25) is 0 Å². The molecule has 1 aliphatic rings. The maximum atomic E-state index is 4.44. The number of benzene rings is 1. The normalized spacial score (nSPS) is 23.5. The fraction of sp³-hybridized carbons (Fsp3) is 0.500. The van der Waals surface area contributed by atoms with E-state index in [4.69, 9.17) is 0 Å². The van der Waals surface area contributed by atoms with E-state index < -0.39 is 0 Å². The summed E-state index contributed by atoms with van der Waals surface area (Å²) in [6.07, 6.45) is 6.79. The Morgan fingerprint density at radius 3 is 2.68 bits per heavy atom. The molecule has 1 aliphatic carbocycles. The summed E-state index contributed by atoms with van der Waals surface area (Å²) >= 11 is 0. The van der Waals surface area contributed by atoms with Gasteiger partial charge in [0.1, 0.15) is 12.1 Å². The van der Waals surface area contributed by atoms with E-state index in [1.54, 1.807) is 6.33 Å². The van der Waals surface area contributed by atoms with Gasteiger partial charge in [0, 0.05) is 11.4 Å². The van der Waals surface area contributed by atoms with E-state index in [0.717, 1.165) is 22.6 Å². The molecule has 1 fully saturated rings. The fourth-order valence-electron chi connectivity index (χ4n) is 2.88. The Labute approximate surface area is 114 Å². The predicted molar refractivity (Wildman–Crippen MR) is 79.3 cm³/mol. The maximum Gasteiger partial charge on any atom is 0.137 e. The molecule has 3 nitrogen and oxygen atoms in total. The molecule has 0 radical (unpaired) electrons. The Morgan fingerprint density at radius 1 is 1.11 bits per heavy atom. The van der Waals surface area contributed by atoms with Crippen LogP contribution in [0.15, 0.2) is 24.5 Å². The highest BCUT2D eigenvalue weighted by Gasteiger charge is 2.19. The van der Waals surface area contributed by atoms with E-state index in [-0.39, 0.29) is 0 Å². The lowest BCUT2D eigenvalue weighted by molar-refractivity contribution is 0.361. The first-order chi connectivity index (χ1) is 9.22. The van der Waals surface area contributed by atoms with Crippen LogP contribution >= 0.6 is 0 Å². The lowest BCUT2D eigenvalue weighted by Gasteiger charge is -2.27. The van der Waals surface area contributed by atoms with Gasteiger partial charge < -0.3 is 5.32 Å². The Bertz CT molecular complexity index is 571. The molecule has 0 atom stereocenters. The number of hydrogen-bond acceptors (Lipinski definition) is 3. The summed E-state index contributed by atoms with van der Waals surface area (Å²) < 4.78 is 0.